The molecule has 0 aliphatic heterocycles. The summed E-state index contributed by atoms with van der Waals surface area (Å²) in [7, 11) is -6.13. The van der Waals surface area contributed by atoms with Crippen molar-refractivity contribution >= 4 is 33.3 Å². The minimum atomic E-state index is -1.59. The SMILES string of the molecule is CC#COCCC[Si](C)(C)O[Si](C)(C)CCCCCCCC.CCCCCCCC[Si](C)(C)O[Si](C)(C)CCCOO.[HH]. The highest BCUT2D eigenvalue weighted by Gasteiger charge is 2.33. The molecular weight excluding hydrogens is 589 g/mol. The summed E-state index contributed by atoms with van der Waals surface area (Å²) in [5, 5.41) is 8.38. The third-order valence-electron chi connectivity index (χ3n) is 7.58. The van der Waals surface area contributed by atoms with Gasteiger partial charge in [-0.15, -0.1) is 0 Å². The van der Waals surface area contributed by atoms with E-state index in [1.54, 1.807) is 6.92 Å². The molecule has 0 aromatic carbocycles. The quantitative estimate of drug-likeness (QED) is 0.0328. The molecule has 0 aliphatic carbocycles. The van der Waals surface area contributed by atoms with Gasteiger partial charge in [-0.05, 0) is 89.4 Å². The Balaban J connectivity index is -0.000000730. The van der Waals surface area contributed by atoms with E-state index < -0.39 is 33.3 Å². The fourth-order valence-electron chi connectivity index (χ4n) is 5.62. The molecule has 0 rings (SSSR count). The molecule has 0 fully saturated rings. The van der Waals surface area contributed by atoms with Crippen LogP contribution >= 0.6 is 0 Å². The summed E-state index contributed by atoms with van der Waals surface area (Å²) in [6, 6.07) is 4.84. The third-order valence-corrected chi connectivity index (χ3v) is 22.7. The number of hydrogen-bond acceptors (Lipinski definition) is 5. The number of hydrogen-bond donors (Lipinski definition) is 1. The summed E-state index contributed by atoms with van der Waals surface area (Å²) in [5.74, 6) is 2.76. The fourth-order valence-corrected chi connectivity index (χ4v) is 23.4. The van der Waals surface area contributed by atoms with Crippen LogP contribution in [0.4, 0.5) is 0 Å². The van der Waals surface area contributed by atoms with Gasteiger partial charge in [0.2, 0.25) is 0 Å². The number of ether oxygens (including phenoxy) is 1. The summed E-state index contributed by atoms with van der Waals surface area (Å²) < 4.78 is 18.4. The van der Waals surface area contributed by atoms with Crippen LogP contribution < -0.4 is 0 Å². The Hall–Kier alpha value is 0.0675. The molecule has 0 amide bonds. The fraction of sp³-hybridized carbons (Fsp3) is 0.939. The predicted octanol–water partition coefficient (Wildman–Crippen LogP) is 12.1. The molecule has 0 spiro atoms. The molecular formula is C33H76O5Si4. The maximum absolute atomic E-state index is 8.38. The standard InChI is InChI=1S/C18H38O2Si2.C15H36O3Si2.H2/c1-7-9-10-11-12-13-17-21(3,4)20-22(5,6)18-14-16-19-15-8-2;1-6-7-8-9-10-11-14-19(2,3)18-20(4,5)15-12-13-17-16;/h7,9-14,16-18H2,1-6H3;16H,6-15H2,1-5H3;1H. The second-order valence-electron chi connectivity index (χ2n) is 14.5. The largest absolute Gasteiger partial charge is 0.455 e. The number of rotatable bonds is 26. The van der Waals surface area contributed by atoms with Gasteiger partial charge in [-0.1, -0.05) is 96.8 Å². The van der Waals surface area contributed by atoms with Crippen molar-refractivity contribution in [3.8, 4) is 12.0 Å². The number of unbranched alkanes of at least 4 members (excludes halogenated alkanes) is 10. The maximum Gasteiger partial charge on any atom is 0.173 e. The predicted molar refractivity (Wildman–Crippen MR) is 197 cm³/mol. The van der Waals surface area contributed by atoms with Gasteiger partial charge in [0.05, 0.1) is 13.2 Å². The molecule has 0 heterocycles. The zero-order chi connectivity index (χ0) is 32.4. The van der Waals surface area contributed by atoms with E-state index in [4.69, 9.17) is 18.2 Å². The second kappa shape index (κ2) is 26.3. The molecule has 0 aliphatic rings. The van der Waals surface area contributed by atoms with Gasteiger partial charge in [-0.3, -0.25) is 5.26 Å². The summed E-state index contributed by atoms with van der Waals surface area (Å²) in [6.07, 6.45) is 21.0. The lowest BCUT2D eigenvalue weighted by molar-refractivity contribution is -0.241. The Labute approximate surface area is 269 Å². The first kappa shape index (κ1) is 44.2. The van der Waals surface area contributed by atoms with Crippen molar-refractivity contribution in [2.24, 2.45) is 0 Å². The topological polar surface area (TPSA) is 57.2 Å². The Bertz CT molecular complexity index is 682. The van der Waals surface area contributed by atoms with Crippen LogP contribution in [0, 0.1) is 12.0 Å². The molecule has 5 nitrogen and oxygen atoms in total. The van der Waals surface area contributed by atoms with Crippen LogP contribution in [0.25, 0.3) is 0 Å². The highest BCUT2D eigenvalue weighted by molar-refractivity contribution is 6.85. The van der Waals surface area contributed by atoms with Gasteiger partial charge in [0.25, 0.3) is 0 Å². The van der Waals surface area contributed by atoms with Gasteiger partial charge in [-0.25, -0.2) is 4.89 Å². The van der Waals surface area contributed by atoms with Crippen LogP contribution in [-0.4, -0.2) is 51.7 Å². The maximum atomic E-state index is 8.38. The molecule has 0 radical (unpaired) electrons. The molecule has 0 aromatic rings. The summed E-state index contributed by atoms with van der Waals surface area (Å²) in [5.41, 5.74) is 0. The smallest absolute Gasteiger partial charge is 0.173 e. The van der Waals surface area contributed by atoms with Crippen LogP contribution in [0.5, 0.6) is 0 Å². The third kappa shape index (κ3) is 31.5. The van der Waals surface area contributed by atoms with E-state index in [0.29, 0.717) is 6.61 Å². The molecule has 254 valence electrons. The molecule has 0 bridgehead atoms. The molecule has 0 atom stereocenters. The summed E-state index contributed by atoms with van der Waals surface area (Å²) >= 11 is 0. The van der Waals surface area contributed by atoms with Crippen molar-refractivity contribution < 1.29 is 24.5 Å². The van der Waals surface area contributed by atoms with Crippen molar-refractivity contribution in [1.29, 1.82) is 0 Å². The molecule has 9 heteroatoms. The van der Waals surface area contributed by atoms with E-state index >= 15 is 0 Å². The minimum absolute atomic E-state index is 0. The molecule has 0 aromatic heterocycles. The monoisotopic (exact) mass is 664 g/mol. The lowest BCUT2D eigenvalue weighted by Gasteiger charge is -2.34. The minimum Gasteiger partial charge on any atom is -0.455 e. The van der Waals surface area contributed by atoms with Crippen molar-refractivity contribution in [1.82, 2.24) is 0 Å². The highest BCUT2D eigenvalue weighted by atomic mass is 28.4. The Morgan fingerprint density at radius 2 is 0.833 bits per heavy atom. The van der Waals surface area contributed by atoms with E-state index in [2.05, 4.69) is 83.1 Å². The summed E-state index contributed by atoms with van der Waals surface area (Å²) in [4.78, 5) is 4.16. The second-order valence-corrected chi connectivity index (χ2v) is 32.2. The average molecular weight is 665 g/mol. The van der Waals surface area contributed by atoms with Crippen molar-refractivity contribution in [2.75, 3.05) is 13.2 Å². The van der Waals surface area contributed by atoms with Crippen LogP contribution in [-0.2, 0) is 17.9 Å². The van der Waals surface area contributed by atoms with E-state index in [1.807, 2.05) is 0 Å². The Morgan fingerprint density at radius 3 is 1.19 bits per heavy atom. The zero-order valence-electron chi connectivity index (χ0n) is 30.2. The normalized spacial score (nSPS) is 12.4. The molecule has 0 saturated heterocycles. The Kier molecular flexibility index (Phi) is 27.7. The highest BCUT2D eigenvalue weighted by Crippen LogP contribution is 2.26. The molecule has 0 saturated carbocycles. The zero-order valence-corrected chi connectivity index (χ0v) is 34.2. The first-order valence-corrected chi connectivity index (χ1v) is 29.8. The van der Waals surface area contributed by atoms with E-state index in [9.17, 15) is 0 Å². The van der Waals surface area contributed by atoms with E-state index in [0.717, 1.165) is 25.5 Å². The van der Waals surface area contributed by atoms with Gasteiger partial charge >= 0.3 is 0 Å². The van der Waals surface area contributed by atoms with Crippen molar-refractivity contribution in [3.63, 3.8) is 0 Å². The lowest BCUT2D eigenvalue weighted by Crippen LogP contribution is -2.44. The van der Waals surface area contributed by atoms with E-state index in [1.165, 1.54) is 95.2 Å². The van der Waals surface area contributed by atoms with Gasteiger partial charge < -0.3 is 13.0 Å². The first-order valence-electron chi connectivity index (χ1n) is 17.4. The van der Waals surface area contributed by atoms with Gasteiger partial charge in [0.1, 0.15) is 6.11 Å². The molecule has 0 unspecified atom stereocenters. The van der Waals surface area contributed by atoms with Crippen LogP contribution in [0.2, 0.25) is 76.6 Å². The molecule has 42 heavy (non-hydrogen) atoms. The van der Waals surface area contributed by atoms with Gasteiger partial charge in [0.15, 0.2) is 33.3 Å². The lowest BCUT2D eigenvalue weighted by atomic mass is 10.1. The molecule has 1 N–H and O–H groups in total. The van der Waals surface area contributed by atoms with Crippen LogP contribution in [0.15, 0.2) is 0 Å². The average Bonchev–Trinajstić information content (AvgIpc) is 2.87. The van der Waals surface area contributed by atoms with E-state index in [-0.39, 0.29) is 1.43 Å². The van der Waals surface area contributed by atoms with Crippen molar-refractivity contribution in [2.45, 2.75) is 187 Å². The van der Waals surface area contributed by atoms with Crippen LogP contribution in [0.3, 0.4) is 0 Å². The van der Waals surface area contributed by atoms with Crippen LogP contribution in [0.1, 0.15) is 112 Å². The van der Waals surface area contributed by atoms with Crippen molar-refractivity contribution in [3.05, 3.63) is 0 Å². The van der Waals surface area contributed by atoms with Gasteiger partial charge in [-0.2, -0.15) is 0 Å². The first-order chi connectivity index (χ1) is 19.7. The Morgan fingerprint density at radius 1 is 0.500 bits per heavy atom. The van der Waals surface area contributed by atoms with Gasteiger partial charge in [0, 0.05) is 8.35 Å². The summed E-state index contributed by atoms with van der Waals surface area (Å²) in [6.45, 7) is 26.3.